The molecule has 2 fully saturated rings. The van der Waals surface area contributed by atoms with Crippen LogP contribution < -0.4 is 10.0 Å². The molecule has 4 nitrogen and oxygen atoms in total. The summed E-state index contributed by atoms with van der Waals surface area (Å²) in [7, 11) is -3.17. The molecule has 2 aliphatic rings. The third-order valence-electron chi connectivity index (χ3n) is 5.48. The van der Waals surface area contributed by atoms with Crippen LogP contribution in [0.3, 0.4) is 0 Å². The lowest BCUT2D eigenvalue weighted by Gasteiger charge is -2.44. The monoisotopic (exact) mass is 302 g/mol. The van der Waals surface area contributed by atoms with Crippen LogP contribution >= 0.6 is 0 Å². The fraction of sp³-hybridized carbons (Fsp3) is 1.00. The maximum atomic E-state index is 11.4. The number of sulfonamides is 1. The third kappa shape index (κ3) is 3.04. The summed E-state index contributed by atoms with van der Waals surface area (Å²) in [5, 5.41) is 3.68. The molecular formula is C15H30N2O2S. The molecule has 2 saturated carbocycles. The average molecular weight is 302 g/mol. The van der Waals surface area contributed by atoms with E-state index in [9.17, 15) is 8.42 Å². The Balaban J connectivity index is 2.04. The summed E-state index contributed by atoms with van der Waals surface area (Å²) in [5.74, 6) is 0.802. The summed E-state index contributed by atoms with van der Waals surface area (Å²) in [4.78, 5) is 0. The molecule has 0 aromatic heterocycles. The molecule has 5 heteroatoms. The van der Waals surface area contributed by atoms with Crippen molar-refractivity contribution >= 4 is 10.0 Å². The first kappa shape index (κ1) is 16.2. The van der Waals surface area contributed by atoms with Crippen LogP contribution in [0.1, 0.15) is 53.9 Å². The van der Waals surface area contributed by atoms with Crippen LogP contribution in [0.2, 0.25) is 0 Å². The summed E-state index contributed by atoms with van der Waals surface area (Å²) in [6.07, 6.45) is 5.15. The molecule has 2 N–H and O–H groups in total. The Kier molecular flexibility index (Phi) is 3.80. The van der Waals surface area contributed by atoms with Crippen molar-refractivity contribution in [1.29, 1.82) is 0 Å². The average Bonchev–Trinajstić information content (AvgIpc) is 2.64. The Morgan fingerprint density at radius 1 is 1.25 bits per heavy atom. The van der Waals surface area contributed by atoms with Gasteiger partial charge in [0.1, 0.15) is 0 Å². The highest BCUT2D eigenvalue weighted by atomic mass is 32.2. The second-order valence-corrected chi connectivity index (χ2v) is 10.2. The summed E-state index contributed by atoms with van der Waals surface area (Å²) in [6, 6.07) is 0.467. The Hall–Kier alpha value is -0.130. The minimum absolute atomic E-state index is 0.300. The van der Waals surface area contributed by atoms with Crippen molar-refractivity contribution in [2.45, 2.75) is 65.5 Å². The Morgan fingerprint density at radius 2 is 1.85 bits per heavy atom. The van der Waals surface area contributed by atoms with Gasteiger partial charge in [-0.3, -0.25) is 0 Å². The number of fused-ring (bicyclic) bond motifs is 2. The topological polar surface area (TPSA) is 58.2 Å². The molecule has 0 radical (unpaired) electrons. The zero-order chi connectivity index (χ0) is 15.4. The molecule has 0 amide bonds. The molecule has 3 atom stereocenters. The van der Waals surface area contributed by atoms with E-state index < -0.39 is 15.6 Å². The summed E-state index contributed by atoms with van der Waals surface area (Å²) in [6.45, 7) is 11.6. The number of rotatable bonds is 5. The van der Waals surface area contributed by atoms with Gasteiger partial charge in [0.15, 0.2) is 0 Å². The van der Waals surface area contributed by atoms with Crippen molar-refractivity contribution in [3.63, 3.8) is 0 Å². The smallest absolute Gasteiger partial charge is 0.209 e. The van der Waals surface area contributed by atoms with E-state index in [1.807, 2.05) is 13.8 Å². The normalized spacial score (nSPS) is 36.5. The molecule has 2 bridgehead atoms. The van der Waals surface area contributed by atoms with E-state index >= 15 is 0 Å². The van der Waals surface area contributed by atoms with Crippen molar-refractivity contribution in [3.05, 3.63) is 0 Å². The Bertz CT molecular complexity index is 479. The van der Waals surface area contributed by atoms with Gasteiger partial charge >= 0.3 is 0 Å². The highest BCUT2D eigenvalue weighted by molar-refractivity contribution is 7.88. The van der Waals surface area contributed by atoms with Crippen LogP contribution in [0.4, 0.5) is 0 Å². The molecule has 0 spiro atoms. The molecule has 118 valence electrons. The second kappa shape index (κ2) is 4.68. The number of nitrogens with one attached hydrogen (secondary N) is 2. The van der Waals surface area contributed by atoms with Gasteiger partial charge in [-0.15, -0.1) is 0 Å². The third-order valence-corrected chi connectivity index (χ3v) is 6.40. The summed E-state index contributed by atoms with van der Waals surface area (Å²) < 4.78 is 25.6. The lowest BCUT2D eigenvalue weighted by molar-refractivity contribution is 0.104. The van der Waals surface area contributed by atoms with Crippen molar-refractivity contribution in [2.75, 3.05) is 12.8 Å². The minimum Gasteiger partial charge on any atom is -0.311 e. The van der Waals surface area contributed by atoms with Crippen molar-refractivity contribution < 1.29 is 8.42 Å². The van der Waals surface area contributed by atoms with Gasteiger partial charge in [0.05, 0.1) is 6.26 Å². The van der Waals surface area contributed by atoms with E-state index in [-0.39, 0.29) is 0 Å². The lowest BCUT2D eigenvalue weighted by Crippen LogP contribution is -2.57. The van der Waals surface area contributed by atoms with Gasteiger partial charge in [-0.2, -0.15) is 0 Å². The SMILES string of the molecule is CC(C)(CNC1C(C)(C)[C@H]2CC[C@]1(C)C2)NS(C)(=O)=O. The van der Waals surface area contributed by atoms with Gasteiger partial charge in [0, 0.05) is 18.1 Å². The second-order valence-electron chi connectivity index (χ2n) is 8.49. The Labute approximate surface area is 124 Å². The first-order chi connectivity index (χ1) is 8.86. The number of hydrogen-bond donors (Lipinski definition) is 2. The highest BCUT2D eigenvalue weighted by Crippen LogP contribution is 2.62. The fourth-order valence-corrected chi connectivity index (χ4v) is 5.78. The summed E-state index contributed by atoms with van der Waals surface area (Å²) >= 11 is 0. The van der Waals surface area contributed by atoms with E-state index in [4.69, 9.17) is 0 Å². The maximum absolute atomic E-state index is 11.4. The summed E-state index contributed by atoms with van der Waals surface area (Å²) in [5.41, 5.74) is 0.214. The van der Waals surface area contributed by atoms with Crippen molar-refractivity contribution in [2.24, 2.45) is 16.7 Å². The van der Waals surface area contributed by atoms with E-state index in [0.29, 0.717) is 23.4 Å². The molecule has 2 rings (SSSR count). The van der Waals surface area contributed by atoms with E-state index in [1.54, 1.807) is 0 Å². The molecule has 0 saturated heterocycles. The number of hydrogen-bond acceptors (Lipinski definition) is 3. The predicted molar refractivity (Wildman–Crippen MR) is 83.1 cm³/mol. The van der Waals surface area contributed by atoms with E-state index in [1.165, 1.54) is 25.5 Å². The molecule has 0 aromatic rings. The minimum atomic E-state index is -3.17. The molecule has 1 unspecified atom stereocenters. The van der Waals surface area contributed by atoms with E-state index in [2.05, 4.69) is 30.8 Å². The van der Waals surface area contributed by atoms with Crippen LogP contribution in [-0.2, 0) is 10.0 Å². The van der Waals surface area contributed by atoms with Crippen LogP contribution in [0.15, 0.2) is 0 Å². The van der Waals surface area contributed by atoms with Crippen molar-refractivity contribution in [1.82, 2.24) is 10.0 Å². The zero-order valence-electron chi connectivity index (χ0n) is 13.7. The molecule has 20 heavy (non-hydrogen) atoms. The first-order valence-electron chi connectivity index (χ1n) is 7.58. The molecule has 2 aliphatic carbocycles. The fourth-order valence-electron chi connectivity index (χ4n) is 4.71. The lowest BCUT2D eigenvalue weighted by atomic mass is 9.68. The molecule has 0 heterocycles. The maximum Gasteiger partial charge on any atom is 0.209 e. The molecule has 0 aromatic carbocycles. The highest BCUT2D eigenvalue weighted by Gasteiger charge is 2.59. The first-order valence-corrected chi connectivity index (χ1v) is 9.47. The van der Waals surface area contributed by atoms with Gasteiger partial charge in [0.25, 0.3) is 0 Å². The standard InChI is InChI=1S/C15H30N2O2S/c1-13(2,17-20(6,18)19)10-16-12-14(3,4)11-7-8-15(12,5)9-11/h11-12,16-17H,7-10H2,1-6H3/t11-,12?,15+/m0/s1. The van der Waals surface area contributed by atoms with Crippen LogP contribution in [-0.4, -0.2) is 32.8 Å². The van der Waals surface area contributed by atoms with Gasteiger partial charge < -0.3 is 5.32 Å². The quantitative estimate of drug-likeness (QED) is 0.818. The van der Waals surface area contributed by atoms with Gasteiger partial charge in [-0.05, 0) is 49.9 Å². The van der Waals surface area contributed by atoms with Crippen LogP contribution in [0.25, 0.3) is 0 Å². The van der Waals surface area contributed by atoms with Gasteiger partial charge in [-0.25, -0.2) is 13.1 Å². The van der Waals surface area contributed by atoms with Gasteiger partial charge in [0.2, 0.25) is 10.0 Å². The zero-order valence-corrected chi connectivity index (χ0v) is 14.5. The van der Waals surface area contributed by atoms with Crippen LogP contribution in [0.5, 0.6) is 0 Å². The van der Waals surface area contributed by atoms with Gasteiger partial charge in [-0.1, -0.05) is 20.8 Å². The van der Waals surface area contributed by atoms with Crippen LogP contribution in [0, 0.1) is 16.7 Å². The van der Waals surface area contributed by atoms with Crippen molar-refractivity contribution in [3.8, 4) is 0 Å². The van der Waals surface area contributed by atoms with E-state index in [0.717, 1.165) is 5.92 Å². The molecule has 0 aliphatic heterocycles. The largest absolute Gasteiger partial charge is 0.311 e. The molecular weight excluding hydrogens is 272 g/mol. The Morgan fingerprint density at radius 3 is 2.30 bits per heavy atom. The predicted octanol–water partition coefficient (Wildman–Crippen LogP) is 2.12.